The number of pyridine rings is 1. The minimum atomic E-state index is 0.372. The number of aromatic nitrogens is 1. The molecule has 1 heterocycles. The molecule has 0 saturated heterocycles. The Kier molecular flexibility index (Phi) is 11.9. The molecule has 0 aliphatic heterocycles. The fourth-order valence-electron chi connectivity index (χ4n) is 4.70. The van der Waals surface area contributed by atoms with Crippen molar-refractivity contribution in [3.63, 3.8) is 0 Å². The van der Waals surface area contributed by atoms with E-state index in [1.165, 1.54) is 5.56 Å². The standard InChI is InChI=1S/C36H44N4/c1-7-19-40(20-8-2)26-27(4)15-18-34(9-3)39-29(6)36(37)35-23-32(17-16-28(35)5)33-22-31(24-38-25-33)21-30-13-11-10-12-14-30/h9-18,22-25,37,39H,4,6-8,19-21,26H2,1-3,5H3/b18-15-,34-9+,37-36?. The lowest BCUT2D eigenvalue weighted by atomic mass is 9.95. The maximum Gasteiger partial charge on any atom is 0.0843 e. The largest absolute Gasteiger partial charge is 0.355 e. The van der Waals surface area contributed by atoms with Crippen LogP contribution in [-0.4, -0.2) is 35.2 Å². The molecule has 0 fully saturated rings. The molecule has 0 radical (unpaired) electrons. The summed E-state index contributed by atoms with van der Waals surface area (Å²) in [5, 5.41) is 12.3. The molecular formula is C36H44N4. The molecular weight excluding hydrogens is 488 g/mol. The van der Waals surface area contributed by atoms with Crippen molar-refractivity contribution in [2.45, 2.75) is 47.0 Å². The van der Waals surface area contributed by atoms with E-state index in [1.807, 2.05) is 44.5 Å². The van der Waals surface area contributed by atoms with E-state index in [0.717, 1.165) is 78.0 Å². The first-order valence-electron chi connectivity index (χ1n) is 14.2. The van der Waals surface area contributed by atoms with Crippen molar-refractivity contribution in [3.05, 3.63) is 138 Å². The van der Waals surface area contributed by atoms with Crippen LogP contribution in [0.3, 0.4) is 0 Å². The van der Waals surface area contributed by atoms with Gasteiger partial charge in [0.2, 0.25) is 0 Å². The summed E-state index contributed by atoms with van der Waals surface area (Å²) in [5.74, 6) is 0. The first kappa shape index (κ1) is 30.5. The minimum absolute atomic E-state index is 0.372. The van der Waals surface area contributed by atoms with E-state index in [2.05, 4.69) is 96.8 Å². The number of nitrogens with zero attached hydrogens (tertiary/aromatic N) is 2. The SMILES string of the molecule is C=C(/C=C\C(=C/C)NC(=C)C(=N)c1cc(-c2cncc(Cc3ccccc3)c2)ccc1C)CN(CCC)CCC. The lowest BCUT2D eigenvalue weighted by Crippen LogP contribution is -2.27. The molecule has 0 saturated carbocycles. The van der Waals surface area contributed by atoms with E-state index in [-0.39, 0.29) is 0 Å². The van der Waals surface area contributed by atoms with Crippen molar-refractivity contribution in [2.24, 2.45) is 0 Å². The lowest BCUT2D eigenvalue weighted by Gasteiger charge is -2.21. The summed E-state index contributed by atoms with van der Waals surface area (Å²) in [7, 11) is 0. The number of rotatable bonds is 15. The molecule has 3 rings (SSSR count). The average molecular weight is 533 g/mol. The van der Waals surface area contributed by atoms with Crippen LogP contribution in [0.25, 0.3) is 11.1 Å². The van der Waals surface area contributed by atoms with Crippen molar-refractivity contribution in [3.8, 4) is 11.1 Å². The third-order valence-corrected chi connectivity index (χ3v) is 6.80. The Hall–Kier alpha value is -4.02. The smallest absolute Gasteiger partial charge is 0.0843 e. The molecule has 0 amide bonds. The van der Waals surface area contributed by atoms with Crippen LogP contribution < -0.4 is 5.32 Å². The summed E-state index contributed by atoms with van der Waals surface area (Å²) in [5.41, 5.74) is 9.25. The number of hydrogen-bond acceptors (Lipinski definition) is 4. The first-order valence-corrected chi connectivity index (χ1v) is 14.2. The topological polar surface area (TPSA) is 52.0 Å². The highest BCUT2D eigenvalue weighted by molar-refractivity contribution is 6.11. The van der Waals surface area contributed by atoms with Crippen LogP contribution in [0.2, 0.25) is 0 Å². The Labute approximate surface area is 241 Å². The highest BCUT2D eigenvalue weighted by Crippen LogP contribution is 2.25. The van der Waals surface area contributed by atoms with Gasteiger partial charge in [-0.1, -0.05) is 81.6 Å². The van der Waals surface area contributed by atoms with Crippen molar-refractivity contribution in [2.75, 3.05) is 19.6 Å². The second-order valence-corrected chi connectivity index (χ2v) is 10.3. The molecule has 0 aliphatic rings. The van der Waals surface area contributed by atoms with Gasteiger partial charge in [0, 0.05) is 35.8 Å². The Balaban J connectivity index is 1.71. The van der Waals surface area contributed by atoms with Crippen LogP contribution in [0.4, 0.5) is 0 Å². The van der Waals surface area contributed by atoms with Crippen LogP contribution in [0.5, 0.6) is 0 Å². The molecule has 40 heavy (non-hydrogen) atoms. The third kappa shape index (κ3) is 9.03. The zero-order valence-electron chi connectivity index (χ0n) is 24.6. The molecule has 4 nitrogen and oxygen atoms in total. The molecule has 0 atom stereocenters. The minimum Gasteiger partial charge on any atom is -0.355 e. The first-order chi connectivity index (χ1) is 19.3. The van der Waals surface area contributed by atoms with Crippen LogP contribution in [0, 0.1) is 12.3 Å². The van der Waals surface area contributed by atoms with Gasteiger partial charge in [-0.05, 0) is 92.2 Å². The normalized spacial score (nSPS) is 11.7. The monoisotopic (exact) mass is 532 g/mol. The van der Waals surface area contributed by atoms with Crippen LogP contribution in [-0.2, 0) is 6.42 Å². The highest BCUT2D eigenvalue weighted by atomic mass is 15.1. The summed E-state index contributed by atoms with van der Waals surface area (Å²) in [6.07, 6.45) is 13.0. The lowest BCUT2D eigenvalue weighted by molar-refractivity contribution is 0.299. The molecule has 0 unspecified atom stereocenters. The molecule has 0 spiro atoms. The van der Waals surface area contributed by atoms with E-state index < -0.39 is 0 Å². The van der Waals surface area contributed by atoms with Gasteiger partial charge in [0.15, 0.2) is 0 Å². The van der Waals surface area contributed by atoms with E-state index >= 15 is 0 Å². The summed E-state index contributed by atoms with van der Waals surface area (Å²) in [6.45, 7) is 19.9. The molecule has 208 valence electrons. The number of allylic oxidation sites excluding steroid dienone is 3. The number of aryl methyl sites for hydroxylation is 1. The van der Waals surface area contributed by atoms with Crippen LogP contribution in [0.15, 0.2) is 115 Å². The van der Waals surface area contributed by atoms with E-state index in [1.54, 1.807) is 0 Å². The maximum atomic E-state index is 8.94. The zero-order chi connectivity index (χ0) is 28.9. The Morgan fingerprint density at radius 3 is 2.33 bits per heavy atom. The molecule has 2 aromatic carbocycles. The van der Waals surface area contributed by atoms with Crippen molar-refractivity contribution < 1.29 is 0 Å². The summed E-state index contributed by atoms with van der Waals surface area (Å²) >= 11 is 0. The van der Waals surface area contributed by atoms with E-state index in [9.17, 15) is 0 Å². The van der Waals surface area contributed by atoms with Gasteiger partial charge in [-0.3, -0.25) is 15.3 Å². The Bertz CT molecular complexity index is 1360. The second kappa shape index (κ2) is 15.5. The van der Waals surface area contributed by atoms with Crippen LogP contribution >= 0.6 is 0 Å². The average Bonchev–Trinajstić information content (AvgIpc) is 2.96. The summed E-state index contributed by atoms with van der Waals surface area (Å²) < 4.78 is 0. The van der Waals surface area contributed by atoms with E-state index in [4.69, 9.17) is 5.41 Å². The van der Waals surface area contributed by atoms with Gasteiger partial charge in [0.05, 0.1) is 11.4 Å². The fourth-order valence-corrected chi connectivity index (χ4v) is 4.70. The van der Waals surface area contributed by atoms with Crippen molar-refractivity contribution >= 4 is 5.71 Å². The molecule has 2 N–H and O–H groups in total. The predicted octanol–water partition coefficient (Wildman–Crippen LogP) is 8.26. The van der Waals surface area contributed by atoms with Gasteiger partial charge < -0.3 is 5.32 Å². The number of hydrogen-bond donors (Lipinski definition) is 2. The van der Waals surface area contributed by atoms with Gasteiger partial charge in [-0.15, -0.1) is 0 Å². The van der Waals surface area contributed by atoms with Gasteiger partial charge in [-0.25, -0.2) is 0 Å². The molecule has 0 aliphatic carbocycles. The highest BCUT2D eigenvalue weighted by Gasteiger charge is 2.12. The van der Waals surface area contributed by atoms with Gasteiger partial charge in [-0.2, -0.15) is 0 Å². The molecule has 0 bridgehead atoms. The summed E-state index contributed by atoms with van der Waals surface area (Å²) in [4.78, 5) is 6.94. The van der Waals surface area contributed by atoms with Gasteiger partial charge >= 0.3 is 0 Å². The van der Waals surface area contributed by atoms with Gasteiger partial charge in [0.25, 0.3) is 0 Å². The van der Waals surface area contributed by atoms with Gasteiger partial charge in [0.1, 0.15) is 0 Å². The van der Waals surface area contributed by atoms with Crippen molar-refractivity contribution in [1.29, 1.82) is 5.41 Å². The molecule has 1 aromatic heterocycles. The van der Waals surface area contributed by atoms with Crippen molar-refractivity contribution in [1.82, 2.24) is 15.2 Å². The molecule has 3 aromatic rings. The zero-order valence-corrected chi connectivity index (χ0v) is 24.6. The third-order valence-electron chi connectivity index (χ3n) is 6.80. The fraction of sp³-hybridized carbons (Fsp3) is 0.278. The van der Waals surface area contributed by atoms with E-state index in [0.29, 0.717) is 11.4 Å². The second-order valence-electron chi connectivity index (χ2n) is 10.3. The predicted molar refractivity (Wildman–Crippen MR) is 172 cm³/mol. The quantitative estimate of drug-likeness (QED) is 0.153. The number of nitrogens with one attached hydrogen (secondary N) is 2. The number of benzene rings is 2. The Morgan fingerprint density at radius 1 is 0.925 bits per heavy atom. The van der Waals surface area contributed by atoms with Crippen LogP contribution in [0.1, 0.15) is 55.9 Å². The summed E-state index contributed by atoms with van der Waals surface area (Å²) in [6, 6.07) is 18.8. The Morgan fingerprint density at radius 2 is 1.65 bits per heavy atom. The maximum absolute atomic E-state index is 8.94. The molecule has 4 heteroatoms.